The fourth-order valence-electron chi connectivity index (χ4n) is 1.51. The lowest BCUT2D eigenvalue weighted by atomic mass is 10.1. The van der Waals surface area contributed by atoms with Gasteiger partial charge < -0.3 is 14.5 Å². The number of ether oxygens (including phenoxy) is 1. The maximum Gasteiger partial charge on any atom is 0.133 e. The van der Waals surface area contributed by atoms with E-state index in [1.807, 2.05) is 12.1 Å². The Hall–Kier alpha value is -1.06. The van der Waals surface area contributed by atoms with Crippen LogP contribution in [0.2, 0.25) is 0 Å². The molecule has 0 atom stereocenters. The normalized spacial score (nSPS) is 11.7. The summed E-state index contributed by atoms with van der Waals surface area (Å²) in [6.45, 7) is 12.2. The molecule has 0 fully saturated rings. The van der Waals surface area contributed by atoms with Gasteiger partial charge in [-0.25, -0.2) is 0 Å². The quantitative estimate of drug-likeness (QED) is 0.565. The van der Waals surface area contributed by atoms with Gasteiger partial charge in [0, 0.05) is 24.3 Å². The number of rotatable bonds is 8. The number of unbranched alkanes of at least 4 members (excludes halogenated alkanes) is 1. The van der Waals surface area contributed by atoms with Gasteiger partial charge in [0.2, 0.25) is 0 Å². The second-order valence-electron chi connectivity index (χ2n) is 5.46. The summed E-state index contributed by atoms with van der Waals surface area (Å²) < 4.78 is 11.0. The van der Waals surface area contributed by atoms with Crippen LogP contribution < -0.4 is 5.32 Å². The van der Waals surface area contributed by atoms with Crippen LogP contribution in [0.15, 0.2) is 29.4 Å². The molecule has 0 unspecified atom stereocenters. The maximum absolute atomic E-state index is 5.58. The molecule has 18 heavy (non-hydrogen) atoms. The van der Waals surface area contributed by atoms with Crippen molar-refractivity contribution in [1.29, 1.82) is 0 Å². The highest BCUT2D eigenvalue weighted by molar-refractivity contribution is 5.16. The van der Waals surface area contributed by atoms with Crippen LogP contribution in [0, 0.1) is 0 Å². The lowest BCUT2D eigenvalue weighted by Gasteiger charge is -2.20. The van der Waals surface area contributed by atoms with Crippen LogP contribution in [0.25, 0.3) is 0 Å². The predicted molar refractivity (Wildman–Crippen MR) is 74.4 cm³/mol. The molecule has 0 aromatic carbocycles. The standard InChI is InChI=1S/C15H25NO2/c1-5-6-7-9-17-12-14-13(8-10-18-14)11-16-15(2,3)4/h5,8,10,16H,1,6-7,9,11-12H2,2-4H3. The molecule has 1 aromatic rings. The van der Waals surface area contributed by atoms with Gasteiger partial charge in [-0.1, -0.05) is 6.08 Å². The first-order valence-electron chi connectivity index (χ1n) is 6.52. The van der Waals surface area contributed by atoms with Gasteiger partial charge in [-0.3, -0.25) is 0 Å². The van der Waals surface area contributed by atoms with Crippen molar-refractivity contribution in [3.05, 3.63) is 36.3 Å². The van der Waals surface area contributed by atoms with Gasteiger partial charge >= 0.3 is 0 Å². The fourth-order valence-corrected chi connectivity index (χ4v) is 1.51. The van der Waals surface area contributed by atoms with E-state index in [0.717, 1.165) is 31.8 Å². The van der Waals surface area contributed by atoms with Crippen molar-refractivity contribution >= 4 is 0 Å². The van der Waals surface area contributed by atoms with Crippen LogP contribution in [0.3, 0.4) is 0 Å². The Morgan fingerprint density at radius 2 is 2.22 bits per heavy atom. The van der Waals surface area contributed by atoms with Crippen molar-refractivity contribution in [3.63, 3.8) is 0 Å². The molecular formula is C15H25NO2. The van der Waals surface area contributed by atoms with Crippen molar-refractivity contribution in [2.45, 2.75) is 52.3 Å². The second kappa shape index (κ2) is 7.39. The SMILES string of the molecule is C=CCCCOCc1occc1CNC(C)(C)C. The van der Waals surface area contributed by atoms with Gasteiger partial charge in [-0.05, 0) is 39.7 Å². The van der Waals surface area contributed by atoms with Crippen molar-refractivity contribution in [3.8, 4) is 0 Å². The second-order valence-corrected chi connectivity index (χ2v) is 5.46. The molecule has 0 aliphatic heterocycles. The van der Waals surface area contributed by atoms with E-state index < -0.39 is 0 Å². The summed E-state index contributed by atoms with van der Waals surface area (Å²) in [5, 5.41) is 3.45. The van der Waals surface area contributed by atoms with Gasteiger partial charge in [0.25, 0.3) is 0 Å². The molecule has 1 heterocycles. The van der Waals surface area contributed by atoms with Crippen LogP contribution in [0.5, 0.6) is 0 Å². The Labute approximate surface area is 110 Å². The van der Waals surface area contributed by atoms with Gasteiger partial charge in [0.1, 0.15) is 12.4 Å². The van der Waals surface area contributed by atoms with E-state index in [-0.39, 0.29) is 5.54 Å². The molecule has 0 aliphatic carbocycles. The zero-order valence-electron chi connectivity index (χ0n) is 11.8. The van der Waals surface area contributed by atoms with E-state index in [0.29, 0.717) is 6.61 Å². The van der Waals surface area contributed by atoms with Gasteiger partial charge in [-0.2, -0.15) is 0 Å². The minimum absolute atomic E-state index is 0.110. The molecule has 102 valence electrons. The average molecular weight is 251 g/mol. The van der Waals surface area contributed by atoms with Crippen molar-refractivity contribution in [1.82, 2.24) is 5.32 Å². The largest absolute Gasteiger partial charge is 0.467 e. The zero-order valence-corrected chi connectivity index (χ0v) is 11.8. The summed E-state index contributed by atoms with van der Waals surface area (Å²) in [5.74, 6) is 0.922. The fraction of sp³-hybridized carbons (Fsp3) is 0.600. The zero-order chi connectivity index (χ0) is 13.4. The molecular weight excluding hydrogens is 226 g/mol. The minimum atomic E-state index is 0.110. The van der Waals surface area contributed by atoms with Crippen molar-refractivity contribution in [2.75, 3.05) is 6.61 Å². The molecule has 3 nitrogen and oxygen atoms in total. The van der Waals surface area contributed by atoms with Crippen molar-refractivity contribution < 1.29 is 9.15 Å². The van der Waals surface area contributed by atoms with Crippen LogP contribution in [0.1, 0.15) is 44.9 Å². The Morgan fingerprint density at radius 3 is 2.89 bits per heavy atom. The summed E-state index contributed by atoms with van der Waals surface area (Å²) in [6, 6.07) is 2.00. The first-order chi connectivity index (χ1) is 8.53. The summed E-state index contributed by atoms with van der Waals surface area (Å²) in [4.78, 5) is 0. The lowest BCUT2D eigenvalue weighted by Crippen LogP contribution is -2.35. The molecule has 0 bridgehead atoms. The molecule has 0 spiro atoms. The highest BCUT2D eigenvalue weighted by atomic mass is 16.5. The number of allylic oxidation sites excluding steroid dienone is 1. The van der Waals surface area contributed by atoms with E-state index in [4.69, 9.17) is 9.15 Å². The van der Waals surface area contributed by atoms with E-state index in [1.165, 1.54) is 5.56 Å². The van der Waals surface area contributed by atoms with Gasteiger partial charge in [0.05, 0.1) is 6.26 Å². The van der Waals surface area contributed by atoms with Crippen LogP contribution in [-0.4, -0.2) is 12.1 Å². The Kier molecular flexibility index (Phi) is 6.16. The molecule has 1 aromatic heterocycles. The van der Waals surface area contributed by atoms with Crippen LogP contribution >= 0.6 is 0 Å². The van der Waals surface area contributed by atoms with Gasteiger partial charge in [0.15, 0.2) is 0 Å². The molecule has 0 saturated heterocycles. The third-order valence-electron chi connectivity index (χ3n) is 2.58. The summed E-state index contributed by atoms with van der Waals surface area (Å²) in [5.41, 5.74) is 1.29. The third kappa shape index (κ3) is 6.03. The monoisotopic (exact) mass is 251 g/mol. The smallest absolute Gasteiger partial charge is 0.133 e. The topological polar surface area (TPSA) is 34.4 Å². The number of nitrogens with one attached hydrogen (secondary N) is 1. The van der Waals surface area contributed by atoms with E-state index in [9.17, 15) is 0 Å². The van der Waals surface area contributed by atoms with Crippen LogP contribution in [-0.2, 0) is 17.9 Å². The third-order valence-corrected chi connectivity index (χ3v) is 2.58. The molecule has 0 aliphatic rings. The van der Waals surface area contributed by atoms with E-state index in [1.54, 1.807) is 6.26 Å². The Bertz CT molecular complexity index is 350. The molecule has 1 rings (SSSR count). The number of hydrogen-bond donors (Lipinski definition) is 1. The number of hydrogen-bond acceptors (Lipinski definition) is 3. The Balaban J connectivity index is 2.33. The first-order valence-corrected chi connectivity index (χ1v) is 6.52. The highest BCUT2D eigenvalue weighted by Gasteiger charge is 2.12. The summed E-state index contributed by atoms with van der Waals surface area (Å²) in [6.07, 6.45) is 5.65. The van der Waals surface area contributed by atoms with Crippen molar-refractivity contribution in [2.24, 2.45) is 0 Å². The van der Waals surface area contributed by atoms with E-state index in [2.05, 4.69) is 32.7 Å². The predicted octanol–water partition coefficient (Wildman–Crippen LogP) is 3.65. The first kappa shape index (κ1) is 15.0. The maximum atomic E-state index is 5.58. The molecule has 0 amide bonds. The van der Waals surface area contributed by atoms with E-state index >= 15 is 0 Å². The highest BCUT2D eigenvalue weighted by Crippen LogP contribution is 2.13. The molecule has 3 heteroatoms. The average Bonchev–Trinajstić information content (AvgIpc) is 2.73. The number of furan rings is 1. The minimum Gasteiger partial charge on any atom is -0.467 e. The van der Waals surface area contributed by atoms with Crippen LogP contribution in [0.4, 0.5) is 0 Å². The molecule has 0 saturated carbocycles. The Morgan fingerprint density at radius 1 is 1.44 bits per heavy atom. The van der Waals surface area contributed by atoms with Gasteiger partial charge in [-0.15, -0.1) is 6.58 Å². The molecule has 1 N–H and O–H groups in total. The molecule has 0 radical (unpaired) electrons. The summed E-state index contributed by atoms with van der Waals surface area (Å²) >= 11 is 0. The lowest BCUT2D eigenvalue weighted by molar-refractivity contribution is 0.104. The summed E-state index contributed by atoms with van der Waals surface area (Å²) in [7, 11) is 0.